The first-order valence-electron chi connectivity index (χ1n) is 37.1. The topological polar surface area (TPSA) is 146 Å². The number of fused-ring (bicyclic) bond motifs is 9. The van der Waals surface area contributed by atoms with Crippen LogP contribution < -0.4 is 15.1 Å². The van der Waals surface area contributed by atoms with Gasteiger partial charge in [0.1, 0.15) is 42.4 Å². The molecule has 3 aromatic carbocycles. The summed E-state index contributed by atoms with van der Waals surface area (Å²) in [4.78, 5) is 14.1. The van der Waals surface area contributed by atoms with Gasteiger partial charge in [-0.3, -0.25) is 0 Å². The molecular weight excluding hydrogens is 1260 g/mol. The number of ether oxygens (including phenoxy) is 10. The third kappa shape index (κ3) is 12.1. The summed E-state index contributed by atoms with van der Waals surface area (Å²) in [5.74, 6) is 1.84. The minimum atomic E-state index is -3.36. The minimum absolute atomic E-state index is 0.00436. The average molecular weight is 1380 g/mol. The van der Waals surface area contributed by atoms with Gasteiger partial charge in [-0.2, -0.15) is 0 Å². The maximum Gasteiger partial charge on any atom is 0.338 e. The highest BCUT2D eigenvalue weighted by molar-refractivity contribution is 6.99. The molecule has 4 aliphatic carbocycles. The summed E-state index contributed by atoms with van der Waals surface area (Å²) >= 11 is 0. The van der Waals surface area contributed by atoms with E-state index in [-0.39, 0.29) is 56.8 Å². The summed E-state index contributed by atoms with van der Waals surface area (Å²) in [6.07, 6.45) is 3.60. The number of carbonyl (C=O) groups is 1. The van der Waals surface area contributed by atoms with Gasteiger partial charge in [-0.25, -0.2) is 4.79 Å². The molecule has 6 heterocycles. The molecule has 96 heavy (non-hydrogen) atoms. The van der Waals surface area contributed by atoms with Gasteiger partial charge in [0.15, 0.2) is 30.3 Å². The lowest BCUT2D eigenvalue weighted by molar-refractivity contribution is -0.360. The predicted molar refractivity (Wildman–Crippen MR) is 377 cm³/mol. The van der Waals surface area contributed by atoms with Crippen LogP contribution in [-0.4, -0.2) is 137 Å². The zero-order valence-corrected chi connectivity index (χ0v) is 64.3. The van der Waals surface area contributed by atoms with Gasteiger partial charge in [-0.1, -0.05) is 176 Å². The highest BCUT2D eigenvalue weighted by Gasteiger charge is 2.71. The largest absolute Gasteiger partial charge is 0.497 e. The predicted octanol–water partition coefficient (Wildman–Crippen LogP) is 15.2. The number of benzene rings is 3. The zero-order chi connectivity index (χ0) is 68.5. The van der Waals surface area contributed by atoms with Gasteiger partial charge >= 0.3 is 23.1 Å². The summed E-state index contributed by atoms with van der Waals surface area (Å²) in [6, 6.07) is 28.5. The molecule has 3 aromatic rings. The molecule has 3 saturated carbocycles. The van der Waals surface area contributed by atoms with Crippen molar-refractivity contribution in [3.8, 4) is 5.75 Å². The van der Waals surface area contributed by atoms with Crippen LogP contribution in [0.25, 0.3) is 0 Å². The van der Waals surface area contributed by atoms with Crippen LogP contribution in [0.2, 0.25) is 27.2 Å². The van der Waals surface area contributed by atoms with Gasteiger partial charge in [0.2, 0.25) is 0 Å². The summed E-state index contributed by atoms with van der Waals surface area (Å²) < 4.78 is 102. The lowest BCUT2D eigenvalue weighted by Gasteiger charge is -2.59. The van der Waals surface area contributed by atoms with E-state index >= 15 is 0 Å². The van der Waals surface area contributed by atoms with Crippen molar-refractivity contribution >= 4 is 41.8 Å². The van der Waals surface area contributed by atoms with Crippen LogP contribution in [0.4, 0.5) is 0 Å². The molecule has 0 amide bonds. The number of rotatable bonds is 16. The van der Waals surface area contributed by atoms with Crippen LogP contribution in [0, 0.1) is 46.3 Å². The minimum Gasteiger partial charge on any atom is -0.497 e. The molecule has 530 valence electrons. The fourth-order valence-corrected chi connectivity index (χ4v) is 36.7. The van der Waals surface area contributed by atoms with Crippen molar-refractivity contribution in [3.05, 3.63) is 102 Å². The molecule has 13 rings (SSSR count). The van der Waals surface area contributed by atoms with Gasteiger partial charge in [0.05, 0.1) is 44.2 Å². The van der Waals surface area contributed by atoms with Crippen LogP contribution in [0.3, 0.4) is 0 Å². The molecular formula is C78H116O15Si3. The Hall–Kier alpha value is -3.16. The summed E-state index contributed by atoms with van der Waals surface area (Å²) in [6.45, 7) is 41.7. The van der Waals surface area contributed by atoms with E-state index in [1.54, 1.807) is 31.4 Å². The maximum atomic E-state index is 14.1. The number of carbonyl (C=O) groups excluding carboxylic acids is 1. The Bertz CT molecular complexity index is 3170. The second-order valence-corrected chi connectivity index (χ2v) is 47.2. The molecule has 0 radical (unpaired) electrons. The van der Waals surface area contributed by atoms with E-state index < -0.39 is 104 Å². The van der Waals surface area contributed by atoms with E-state index in [1.165, 1.54) is 35.2 Å². The molecule has 0 aromatic heterocycles. The normalized spacial score (nSPS) is 40.1. The highest BCUT2D eigenvalue weighted by atomic mass is 28.5. The number of allylic oxidation sites excluding steroid dienone is 1. The van der Waals surface area contributed by atoms with Gasteiger partial charge in [-0.05, 0) is 174 Å². The molecule has 9 fully saturated rings. The van der Waals surface area contributed by atoms with Crippen molar-refractivity contribution in [2.24, 2.45) is 46.3 Å². The van der Waals surface area contributed by atoms with Gasteiger partial charge in [-0.15, -0.1) is 0 Å². The van der Waals surface area contributed by atoms with Crippen LogP contribution in [0.5, 0.6) is 5.75 Å². The lowest BCUT2D eigenvalue weighted by atomic mass is 9.47. The van der Waals surface area contributed by atoms with Crippen LogP contribution in [0.1, 0.15) is 193 Å². The van der Waals surface area contributed by atoms with Crippen molar-refractivity contribution in [1.29, 1.82) is 0 Å². The maximum absolute atomic E-state index is 14.1. The van der Waals surface area contributed by atoms with Crippen molar-refractivity contribution in [1.82, 2.24) is 0 Å². The SMILES string of the molecule is COc1ccc(C(=O)O[C@@H]2[C@H]3OC(C)(C)O[C@H]3[C@H](O[C@H]3[C@H](O[C@H]4CC[C@@]5(C)C(=CC[C@H]6[C@@H]7C[C@@H]8O[C@]9(CC[C@@H](C)CO9)[C@@H](C)[C@@H]8[C@@]7(C)CC[C@@H]65)C4)O[C@H](CO[Si](c4ccccc4)(c4ccccc4)C(C)(C)C)[C@H]4O[Si](C(C)C)(C(C)C)O[Si](C(C)C)(C(C)C)O[C@H]34)O[C@H]2C)cc1. The number of esters is 1. The first kappa shape index (κ1) is 71.2. The van der Waals surface area contributed by atoms with E-state index in [2.05, 4.69) is 171 Å². The molecule has 15 nitrogen and oxygen atoms in total. The summed E-state index contributed by atoms with van der Waals surface area (Å²) in [5, 5.41) is 2.01. The quantitative estimate of drug-likeness (QED) is 0.0761. The highest BCUT2D eigenvalue weighted by Crippen LogP contribution is 2.71. The molecule has 6 saturated heterocycles. The van der Waals surface area contributed by atoms with Crippen LogP contribution in [0.15, 0.2) is 96.6 Å². The molecule has 0 N–H and O–H groups in total. The molecule has 18 heteroatoms. The van der Waals surface area contributed by atoms with E-state index in [1.807, 2.05) is 20.8 Å². The fourth-order valence-electron chi connectivity index (χ4n) is 20.8. The Labute approximate surface area is 577 Å². The monoisotopic (exact) mass is 1380 g/mol. The third-order valence-corrected chi connectivity index (χ3v) is 41.0. The second kappa shape index (κ2) is 26.6. The first-order valence-corrected chi connectivity index (χ1v) is 42.9. The van der Waals surface area contributed by atoms with Gasteiger partial charge in [0, 0.05) is 12.3 Å². The summed E-state index contributed by atoms with van der Waals surface area (Å²) in [7, 11) is -8.26. The van der Waals surface area contributed by atoms with Crippen LogP contribution in [-0.2, 0) is 60.0 Å². The van der Waals surface area contributed by atoms with E-state index in [9.17, 15) is 4.79 Å². The number of methoxy groups -OCH3 is 1. The molecule has 0 unspecified atom stereocenters. The second-order valence-electron chi connectivity index (χ2n) is 34.1. The Morgan fingerprint density at radius 1 is 0.677 bits per heavy atom. The molecule has 6 aliphatic heterocycles. The first-order chi connectivity index (χ1) is 45.4. The van der Waals surface area contributed by atoms with Crippen molar-refractivity contribution in [2.75, 3.05) is 20.3 Å². The van der Waals surface area contributed by atoms with E-state index in [4.69, 9.17) is 64.8 Å². The lowest BCUT2D eigenvalue weighted by Crippen LogP contribution is -2.70. The Morgan fingerprint density at radius 2 is 1.30 bits per heavy atom. The smallest absolute Gasteiger partial charge is 0.338 e. The average Bonchev–Trinajstić information content (AvgIpc) is 1.55. The van der Waals surface area contributed by atoms with E-state index in [0.717, 1.165) is 45.1 Å². The van der Waals surface area contributed by atoms with E-state index in [0.29, 0.717) is 46.8 Å². The zero-order valence-electron chi connectivity index (χ0n) is 61.3. The van der Waals surface area contributed by atoms with Crippen molar-refractivity contribution in [3.63, 3.8) is 0 Å². The van der Waals surface area contributed by atoms with Gasteiger partial charge in [0.25, 0.3) is 8.32 Å². The fraction of sp³-hybridized carbons (Fsp3) is 0.731. The third-order valence-electron chi connectivity index (χ3n) is 25.7. The molecule has 0 bridgehead atoms. The number of hydrogen-bond acceptors (Lipinski definition) is 15. The number of hydrogen-bond donors (Lipinski definition) is 0. The molecule has 1 spiro atoms. The Morgan fingerprint density at radius 3 is 1.90 bits per heavy atom. The van der Waals surface area contributed by atoms with Crippen molar-refractivity contribution in [2.45, 2.75) is 295 Å². The van der Waals surface area contributed by atoms with Crippen LogP contribution >= 0.6 is 0 Å². The summed E-state index contributed by atoms with van der Waals surface area (Å²) in [5.41, 5.74) is 2.18. The molecule has 10 aliphatic rings. The standard InChI is InChI=1S/C78H116O15Si3/c1-46(2)95(47(3)4)91-66-63(45-82-94(74(12,13)14,57-26-22-20-23-27-57)58-28-24-21-25-29-58)85-72(84-56-37-39-76(17)54(42-56)32-35-59-60(76)38-40-77(18)61(59)43-62-64(77)51(10)78(88-62)41-36-50(9)44-81-78)69(68(66)92-96(93-95,48(5)6)49(7)8)87-73-70-67(89-75(15,16)90-70)65(52(11)83-73)86-71(79)53-30-33-55(80-19)34-31-53/h20-34,46-52,56,59-70,72-73H,35-45H2,1-19H3/t50-,51+,52+,56+,59-,60+,61+,62+,63-,64+,65+,66-,67-,68+,69-,70-,72-,73+,76+,77+,78-/m1/s1. The van der Waals surface area contributed by atoms with Gasteiger partial charge < -0.3 is 64.8 Å². The van der Waals surface area contributed by atoms with Crippen molar-refractivity contribution < 1.29 is 69.6 Å². The Kier molecular flexibility index (Phi) is 19.7. The Balaban J connectivity index is 0.880. The molecule has 21 atom stereocenters.